The van der Waals surface area contributed by atoms with E-state index in [-0.39, 0.29) is 11.8 Å². The molecule has 2 amide bonds. The lowest BCUT2D eigenvalue weighted by Gasteiger charge is -2.17. The van der Waals surface area contributed by atoms with Crippen LogP contribution in [0.3, 0.4) is 0 Å². The number of nitrogens with one attached hydrogen (secondary N) is 2. The summed E-state index contributed by atoms with van der Waals surface area (Å²) in [7, 11) is 0. The van der Waals surface area contributed by atoms with Gasteiger partial charge in [0.15, 0.2) is 0 Å². The van der Waals surface area contributed by atoms with E-state index in [0.717, 1.165) is 36.8 Å². The highest BCUT2D eigenvalue weighted by molar-refractivity contribution is 5.77. The fourth-order valence-corrected chi connectivity index (χ4v) is 6.29. The van der Waals surface area contributed by atoms with Crippen molar-refractivity contribution in [2.45, 2.75) is 107 Å². The first kappa shape index (κ1) is 34.7. The molecule has 0 saturated heterocycles. The smallest absolute Gasteiger partial charge is 0.220 e. The summed E-state index contributed by atoms with van der Waals surface area (Å²) in [6, 6.07) is 21.6. The molecule has 0 radical (unpaired) electrons. The Morgan fingerprint density at radius 1 is 0.435 bits per heavy atom. The minimum atomic E-state index is 0.0858. The Morgan fingerprint density at radius 2 is 0.804 bits per heavy atom. The van der Waals surface area contributed by atoms with Gasteiger partial charge in [-0.1, -0.05) is 73.5 Å². The Balaban J connectivity index is 1.15. The van der Waals surface area contributed by atoms with Crippen LogP contribution in [0.25, 0.3) is 22.3 Å². The van der Waals surface area contributed by atoms with Crippen molar-refractivity contribution in [1.82, 2.24) is 10.6 Å². The van der Waals surface area contributed by atoms with Crippen LogP contribution in [0.5, 0.6) is 0 Å². The highest BCUT2D eigenvalue weighted by Crippen LogP contribution is 2.32. The second kappa shape index (κ2) is 15.9. The van der Waals surface area contributed by atoms with E-state index in [0.29, 0.717) is 25.9 Å². The summed E-state index contributed by atoms with van der Waals surface area (Å²) in [5.74, 6) is 0.172. The van der Waals surface area contributed by atoms with E-state index in [2.05, 4.69) is 127 Å². The van der Waals surface area contributed by atoms with Gasteiger partial charge in [0.2, 0.25) is 11.8 Å². The molecule has 4 rings (SSSR count). The number of carbonyl (C=O) groups excluding carboxylic acids is 2. The topological polar surface area (TPSA) is 58.2 Å². The second-order valence-electron chi connectivity index (χ2n) is 13.0. The van der Waals surface area contributed by atoms with Crippen molar-refractivity contribution in [2.75, 3.05) is 0 Å². The number of hydrogen-bond acceptors (Lipinski definition) is 2. The summed E-state index contributed by atoms with van der Waals surface area (Å²) >= 11 is 0. The summed E-state index contributed by atoms with van der Waals surface area (Å²) < 4.78 is 0. The lowest BCUT2D eigenvalue weighted by atomic mass is 9.90. The number of benzene rings is 4. The molecular formula is C42H52N2O2. The van der Waals surface area contributed by atoms with Crippen LogP contribution in [-0.2, 0) is 22.7 Å². The van der Waals surface area contributed by atoms with Crippen molar-refractivity contribution in [3.8, 4) is 22.3 Å². The first-order valence-corrected chi connectivity index (χ1v) is 16.8. The number of unbranched alkanes of at least 4 members (excludes halogenated alkanes) is 3. The molecule has 4 aromatic rings. The Labute approximate surface area is 277 Å². The highest BCUT2D eigenvalue weighted by Gasteiger charge is 2.13. The first-order chi connectivity index (χ1) is 22.0. The molecule has 242 valence electrons. The van der Waals surface area contributed by atoms with Crippen LogP contribution < -0.4 is 10.6 Å². The minimum absolute atomic E-state index is 0.0858. The van der Waals surface area contributed by atoms with Gasteiger partial charge in [-0.2, -0.15) is 0 Å². The monoisotopic (exact) mass is 616 g/mol. The van der Waals surface area contributed by atoms with Gasteiger partial charge in [0, 0.05) is 25.9 Å². The average Bonchev–Trinajstić information content (AvgIpc) is 3.03. The van der Waals surface area contributed by atoms with E-state index in [1.165, 1.54) is 66.8 Å². The zero-order chi connectivity index (χ0) is 33.4. The number of hydrogen-bond donors (Lipinski definition) is 2. The summed E-state index contributed by atoms with van der Waals surface area (Å²) in [6.45, 7) is 18.4. The molecule has 46 heavy (non-hydrogen) atoms. The third-order valence-corrected chi connectivity index (χ3v) is 10.1. The molecule has 4 aromatic carbocycles. The molecule has 0 heterocycles. The highest BCUT2D eigenvalue weighted by atomic mass is 16.2. The maximum absolute atomic E-state index is 12.6. The van der Waals surface area contributed by atoms with Gasteiger partial charge < -0.3 is 10.6 Å². The first-order valence-electron chi connectivity index (χ1n) is 16.8. The van der Waals surface area contributed by atoms with E-state index in [9.17, 15) is 9.59 Å². The molecule has 0 aliphatic heterocycles. The summed E-state index contributed by atoms with van der Waals surface area (Å²) in [5, 5.41) is 6.22. The number of rotatable bonds is 13. The van der Waals surface area contributed by atoms with Crippen LogP contribution in [0, 0.1) is 55.4 Å². The van der Waals surface area contributed by atoms with E-state index in [4.69, 9.17) is 0 Å². The minimum Gasteiger partial charge on any atom is -0.352 e. The molecule has 0 spiro atoms. The van der Waals surface area contributed by atoms with Crippen molar-refractivity contribution in [3.05, 3.63) is 116 Å². The Kier molecular flexibility index (Phi) is 12.0. The number of carbonyl (C=O) groups is 2. The van der Waals surface area contributed by atoms with Crippen molar-refractivity contribution >= 4 is 11.8 Å². The molecule has 4 nitrogen and oxygen atoms in total. The SMILES string of the molecule is Cc1cccc(-c2ccc(CNC(=O)CCCCCCC(=O)NCc3ccc(-c4cccc(C)c4C)c(C)c3C)c(C)c2C)c1C. The molecule has 0 saturated carbocycles. The Hall–Kier alpha value is -4.18. The molecule has 0 aromatic heterocycles. The van der Waals surface area contributed by atoms with Gasteiger partial charge in [-0.25, -0.2) is 0 Å². The van der Waals surface area contributed by atoms with Crippen LogP contribution in [0.2, 0.25) is 0 Å². The Bertz CT molecular complexity index is 1590. The summed E-state index contributed by atoms with van der Waals surface area (Å²) in [5.41, 5.74) is 17.6. The molecule has 0 aliphatic rings. The number of aryl methyl sites for hydroxylation is 2. The van der Waals surface area contributed by atoms with Crippen LogP contribution >= 0.6 is 0 Å². The van der Waals surface area contributed by atoms with Gasteiger partial charge in [0.25, 0.3) is 0 Å². The fourth-order valence-electron chi connectivity index (χ4n) is 6.29. The van der Waals surface area contributed by atoms with Gasteiger partial charge >= 0.3 is 0 Å². The largest absolute Gasteiger partial charge is 0.352 e. The van der Waals surface area contributed by atoms with Gasteiger partial charge in [-0.05, 0) is 146 Å². The zero-order valence-corrected chi connectivity index (χ0v) is 29.2. The van der Waals surface area contributed by atoms with Crippen molar-refractivity contribution in [2.24, 2.45) is 0 Å². The number of amides is 2. The van der Waals surface area contributed by atoms with Crippen molar-refractivity contribution in [1.29, 1.82) is 0 Å². The molecule has 4 heteroatoms. The predicted molar refractivity (Wildman–Crippen MR) is 193 cm³/mol. The van der Waals surface area contributed by atoms with Gasteiger partial charge in [-0.15, -0.1) is 0 Å². The van der Waals surface area contributed by atoms with Crippen LogP contribution in [-0.4, -0.2) is 11.8 Å². The van der Waals surface area contributed by atoms with Gasteiger partial charge in [-0.3, -0.25) is 9.59 Å². The molecule has 0 atom stereocenters. The second-order valence-corrected chi connectivity index (χ2v) is 13.0. The lowest BCUT2D eigenvalue weighted by Crippen LogP contribution is -2.23. The maximum Gasteiger partial charge on any atom is 0.220 e. The quantitative estimate of drug-likeness (QED) is 0.147. The lowest BCUT2D eigenvalue weighted by molar-refractivity contribution is -0.122. The third kappa shape index (κ3) is 8.34. The zero-order valence-electron chi connectivity index (χ0n) is 29.2. The van der Waals surface area contributed by atoms with Crippen LogP contribution in [0.1, 0.15) is 94.2 Å². The Morgan fingerprint density at radius 3 is 1.20 bits per heavy atom. The average molecular weight is 617 g/mol. The van der Waals surface area contributed by atoms with Crippen molar-refractivity contribution < 1.29 is 9.59 Å². The van der Waals surface area contributed by atoms with E-state index in [1.54, 1.807) is 0 Å². The summed E-state index contributed by atoms with van der Waals surface area (Å²) in [4.78, 5) is 25.1. The molecular weight excluding hydrogens is 564 g/mol. The van der Waals surface area contributed by atoms with E-state index in [1.807, 2.05) is 0 Å². The van der Waals surface area contributed by atoms with Gasteiger partial charge in [0.05, 0.1) is 0 Å². The molecule has 0 aliphatic carbocycles. The van der Waals surface area contributed by atoms with Crippen LogP contribution in [0.15, 0.2) is 60.7 Å². The molecule has 0 fully saturated rings. The fraction of sp³-hybridized carbons (Fsp3) is 0.381. The predicted octanol–water partition coefficient (Wildman–Crippen LogP) is 9.76. The van der Waals surface area contributed by atoms with E-state index < -0.39 is 0 Å². The normalized spacial score (nSPS) is 11.0. The molecule has 0 unspecified atom stereocenters. The molecule has 2 N–H and O–H groups in total. The van der Waals surface area contributed by atoms with Crippen molar-refractivity contribution in [3.63, 3.8) is 0 Å². The standard InChI is InChI=1S/C42H52N2O2/c1-27-15-13-17-37(29(27)3)39-23-21-35(31(5)33(39)7)25-43-41(45)19-11-9-10-12-20-42(46)44-26-36-22-24-40(34(8)32(36)6)38-18-14-16-28(2)30(38)4/h13-18,21-24H,9-12,19-20,25-26H2,1-8H3,(H,43,45)(H,44,46). The third-order valence-electron chi connectivity index (χ3n) is 10.1. The van der Waals surface area contributed by atoms with Crippen LogP contribution in [0.4, 0.5) is 0 Å². The van der Waals surface area contributed by atoms with Gasteiger partial charge in [0.1, 0.15) is 0 Å². The summed E-state index contributed by atoms with van der Waals surface area (Å²) in [6.07, 6.45) is 4.59. The molecule has 0 bridgehead atoms. The van der Waals surface area contributed by atoms with E-state index >= 15 is 0 Å². The maximum atomic E-state index is 12.6.